The highest BCUT2D eigenvalue weighted by molar-refractivity contribution is 6.33. The minimum absolute atomic E-state index is 0.0355. The van der Waals surface area contributed by atoms with Crippen LogP contribution >= 0.6 is 11.6 Å². The maximum absolute atomic E-state index is 12.5. The van der Waals surface area contributed by atoms with Gasteiger partial charge in [-0.15, -0.1) is 0 Å². The van der Waals surface area contributed by atoms with E-state index >= 15 is 0 Å². The van der Waals surface area contributed by atoms with Gasteiger partial charge < -0.3 is 20.9 Å². The number of aromatic nitrogens is 3. The predicted octanol–water partition coefficient (Wildman–Crippen LogP) is 3.87. The summed E-state index contributed by atoms with van der Waals surface area (Å²) in [6.45, 7) is 0.930. The van der Waals surface area contributed by atoms with Crippen LogP contribution in [0.15, 0.2) is 36.7 Å². The number of benzene rings is 1. The van der Waals surface area contributed by atoms with Gasteiger partial charge in [-0.1, -0.05) is 29.8 Å². The topological polar surface area (TPSA) is 94.7 Å². The lowest BCUT2D eigenvalue weighted by Gasteiger charge is -2.31. The van der Waals surface area contributed by atoms with Crippen LogP contribution in [-0.2, 0) is 4.79 Å². The Balaban J connectivity index is 1.29. The molecule has 1 aromatic carbocycles. The maximum Gasteiger partial charge on any atom is 0.237 e. The third-order valence-electron chi connectivity index (χ3n) is 6.32. The number of nitrogens with zero attached hydrogens (tertiary/aromatic N) is 2. The summed E-state index contributed by atoms with van der Waals surface area (Å²) in [7, 11) is 0. The van der Waals surface area contributed by atoms with Crippen LogP contribution in [0.3, 0.4) is 0 Å². The van der Waals surface area contributed by atoms with E-state index in [-0.39, 0.29) is 24.0 Å². The molecule has 1 amide bonds. The van der Waals surface area contributed by atoms with E-state index in [4.69, 9.17) is 16.6 Å². The molecule has 0 spiro atoms. The van der Waals surface area contributed by atoms with Crippen molar-refractivity contribution in [3.05, 3.63) is 41.7 Å². The van der Waals surface area contributed by atoms with Crippen molar-refractivity contribution in [3.63, 3.8) is 0 Å². The molecular formula is C23H27ClN6O. The van der Waals surface area contributed by atoms with Crippen molar-refractivity contribution in [3.8, 4) is 11.3 Å². The Morgan fingerprint density at radius 1 is 1.13 bits per heavy atom. The molecule has 0 unspecified atom stereocenters. The zero-order valence-corrected chi connectivity index (χ0v) is 18.1. The molecular weight excluding hydrogens is 412 g/mol. The van der Waals surface area contributed by atoms with Gasteiger partial charge in [-0.25, -0.2) is 9.97 Å². The van der Waals surface area contributed by atoms with Crippen LogP contribution in [0.4, 0.5) is 5.95 Å². The summed E-state index contributed by atoms with van der Waals surface area (Å²) in [5.74, 6) is 0.701. The van der Waals surface area contributed by atoms with Gasteiger partial charge in [0.05, 0.1) is 23.0 Å². The molecule has 2 aliphatic rings. The van der Waals surface area contributed by atoms with Gasteiger partial charge >= 0.3 is 0 Å². The maximum atomic E-state index is 12.5. The number of amides is 1. The third kappa shape index (κ3) is 4.38. The largest absolute Gasteiger partial charge is 0.360 e. The van der Waals surface area contributed by atoms with E-state index in [0.717, 1.165) is 61.5 Å². The fraction of sp³-hybridized carbons (Fsp3) is 0.435. The Labute approximate surface area is 186 Å². The van der Waals surface area contributed by atoms with Crippen molar-refractivity contribution in [2.24, 2.45) is 0 Å². The number of fused-ring (bicyclic) bond motifs is 1. The monoisotopic (exact) mass is 438 g/mol. The highest BCUT2D eigenvalue weighted by Gasteiger charge is 2.28. The zero-order chi connectivity index (χ0) is 21.2. The average Bonchev–Trinajstić information content (AvgIpc) is 3.46. The highest BCUT2D eigenvalue weighted by Crippen LogP contribution is 2.32. The van der Waals surface area contributed by atoms with Crippen LogP contribution in [0.25, 0.3) is 22.2 Å². The SMILES string of the molecule is O=C(N[C@@H]1CCC[C@@H](Nc2ncc(Cl)c(-c3c[nH]c4ccccc34)n2)C1)[C@@H]1CCCN1. The number of nitrogens with one attached hydrogen (secondary N) is 4. The number of aromatic amines is 1. The standard InChI is InChI=1S/C23H27ClN6O/c24-18-13-27-23(30-21(18)17-12-26-19-8-2-1-7-16(17)19)29-15-6-3-5-14(11-15)28-22(31)20-9-4-10-25-20/h1-2,7-8,12-15,20,25-26H,3-6,9-11H2,(H,28,31)(H,27,29,30)/t14-,15-,20+/m1/s1. The quantitative estimate of drug-likeness (QED) is 0.485. The first-order valence-corrected chi connectivity index (χ1v) is 11.4. The molecule has 0 bridgehead atoms. The first-order valence-electron chi connectivity index (χ1n) is 11.1. The summed E-state index contributed by atoms with van der Waals surface area (Å²) in [6.07, 6.45) is 9.56. The molecule has 1 saturated heterocycles. The van der Waals surface area contributed by atoms with Crippen molar-refractivity contribution in [2.45, 2.75) is 56.7 Å². The lowest BCUT2D eigenvalue weighted by molar-refractivity contribution is -0.123. The van der Waals surface area contributed by atoms with Gasteiger partial charge in [0.25, 0.3) is 0 Å². The molecule has 3 atom stereocenters. The highest BCUT2D eigenvalue weighted by atomic mass is 35.5. The summed E-state index contributed by atoms with van der Waals surface area (Å²) in [6, 6.07) is 8.45. The molecule has 31 heavy (non-hydrogen) atoms. The van der Waals surface area contributed by atoms with Crippen LogP contribution in [0.1, 0.15) is 38.5 Å². The number of hydrogen-bond acceptors (Lipinski definition) is 5. The molecule has 1 saturated carbocycles. The molecule has 4 N–H and O–H groups in total. The number of hydrogen-bond donors (Lipinski definition) is 4. The first-order chi connectivity index (χ1) is 15.2. The third-order valence-corrected chi connectivity index (χ3v) is 6.60. The van der Waals surface area contributed by atoms with Crippen molar-refractivity contribution >= 4 is 34.4 Å². The van der Waals surface area contributed by atoms with Gasteiger partial charge in [-0.3, -0.25) is 4.79 Å². The fourth-order valence-electron chi connectivity index (χ4n) is 4.74. The lowest BCUT2D eigenvalue weighted by Crippen LogP contribution is -2.48. The molecule has 3 heterocycles. The molecule has 8 heteroatoms. The molecule has 2 fully saturated rings. The van der Waals surface area contributed by atoms with Crippen LogP contribution in [0, 0.1) is 0 Å². The van der Waals surface area contributed by atoms with E-state index in [9.17, 15) is 4.79 Å². The molecule has 1 aliphatic heterocycles. The molecule has 7 nitrogen and oxygen atoms in total. The fourth-order valence-corrected chi connectivity index (χ4v) is 4.93. The number of carbonyl (C=O) groups excluding carboxylic acids is 1. The lowest BCUT2D eigenvalue weighted by atomic mass is 9.91. The minimum Gasteiger partial charge on any atom is -0.360 e. The Morgan fingerprint density at radius 2 is 2.00 bits per heavy atom. The Hall–Kier alpha value is -2.64. The smallest absolute Gasteiger partial charge is 0.237 e. The second-order valence-electron chi connectivity index (χ2n) is 8.50. The Bertz CT molecular complexity index is 1080. The molecule has 2 aromatic heterocycles. The van der Waals surface area contributed by atoms with Crippen molar-refractivity contribution < 1.29 is 4.79 Å². The predicted molar refractivity (Wildman–Crippen MR) is 123 cm³/mol. The van der Waals surface area contributed by atoms with E-state index in [1.807, 2.05) is 24.4 Å². The van der Waals surface area contributed by atoms with Crippen molar-refractivity contribution in [1.82, 2.24) is 25.6 Å². The van der Waals surface area contributed by atoms with Crippen LogP contribution in [0.2, 0.25) is 5.02 Å². The molecule has 162 valence electrons. The molecule has 3 aromatic rings. The number of H-pyrrole nitrogens is 1. The van der Waals surface area contributed by atoms with Gasteiger partial charge in [0.1, 0.15) is 0 Å². The summed E-state index contributed by atoms with van der Waals surface area (Å²) in [5, 5.41) is 11.6. The van der Waals surface area contributed by atoms with E-state index in [2.05, 4.69) is 32.0 Å². The molecule has 0 radical (unpaired) electrons. The van der Waals surface area contributed by atoms with Gasteiger partial charge in [-0.05, 0) is 51.1 Å². The summed E-state index contributed by atoms with van der Waals surface area (Å²) < 4.78 is 0. The number of halogens is 1. The first kappa shape index (κ1) is 20.3. The Morgan fingerprint density at radius 3 is 2.87 bits per heavy atom. The zero-order valence-electron chi connectivity index (χ0n) is 17.3. The summed E-state index contributed by atoms with van der Waals surface area (Å²) >= 11 is 6.45. The average molecular weight is 439 g/mol. The van der Waals surface area contributed by atoms with E-state index < -0.39 is 0 Å². The van der Waals surface area contributed by atoms with E-state index in [0.29, 0.717) is 16.7 Å². The van der Waals surface area contributed by atoms with Crippen molar-refractivity contribution in [1.29, 1.82) is 0 Å². The van der Waals surface area contributed by atoms with Crippen molar-refractivity contribution in [2.75, 3.05) is 11.9 Å². The number of anilines is 1. The van der Waals surface area contributed by atoms with Crippen LogP contribution in [-0.4, -0.2) is 45.5 Å². The van der Waals surface area contributed by atoms with Gasteiger partial charge in [0, 0.05) is 34.7 Å². The second kappa shape index (κ2) is 8.85. The number of rotatable bonds is 5. The van der Waals surface area contributed by atoms with Gasteiger partial charge in [0.2, 0.25) is 11.9 Å². The Kier molecular flexibility index (Phi) is 5.78. The number of carbonyl (C=O) groups is 1. The molecule has 1 aliphatic carbocycles. The summed E-state index contributed by atoms with van der Waals surface area (Å²) in [4.78, 5) is 24.9. The number of para-hydroxylation sites is 1. The van der Waals surface area contributed by atoms with Gasteiger partial charge in [-0.2, -0.15) is 0 Å². The van der Waals surface area contributed by atoms with E-state index in [1.165, 1.54) is 0 Å². The van der Waals surface area contributed by atoms with E-state index in [1.54, 1.807) is 6.20 Å². The summed E-state index contributed by atoms with van der Waals surface area (Å²) in [5.41, 5.74) is 2.72. The normalized spacial score (nSPS) is 23.7. The van der Waals surface area contributed by atoms with Crippen LogP contribution < -0.4 is 16.0 Å². The minimum atomic E-state index is -0.0355. The molecule has 5 rings (SSSR count). The second-order valence-corrected chi connectivity index (χ2v) is 8.91. The van der Waals surface area contributed by atoms with Crippen LogP contribution in [0.5, 0.6) is 0 Å². The van der Waals surface area contributed by atoms with Gasteiger partial charge in [0.15, 0.2) is 0 Å².